The van der Waals surface area contributed by atoms with Gasteiger partial charge in [0, 0.05) is 70.0 Å². The second-order valence-electron chi connectivity index (χ2n) is 15.1. The average molecular weight is 764 g/mol. The monoisotopic (exact) mass is 763 g/mol. The third kappa shape index (κ3) is 8.85. The summed E-state index contributed by atoms with van der Waals surface area (Å²) in [7, 11) is -3.64. The molecule has 15 heteroatoms. The number of benzene rings is 1. The molecular weight excluding hydrogens is 706 g/mol. The lowest BCUT2D eigenvalue weighted by Crippen LogP contribution is -2.73. The van der Waals surface area contributed by atoms with Gasteiger partial charge in [-0.05, 0) is 70.2 Å². The number of amides is 2. The van der Waals surface area contributed by atoms with Crippen LogP contribution in [0, 0.1) is 13.8 Å². The Bertz CT molecular complexity index is 1630. The first-order valence-corrected chi connectivity index (χ1v) is 20.5. The normalized spacial score (nSPS) is 22.7. The van der Waals surface area contributed by atoms with Crippen LogP contribution < -0.4 is 10.0 Å². The predicted octanol–water partition coefficient (Wildman–Crippen LogP) is 3.07. The quantitative estimate of drug-likeness (QED) is 0.280. The number of piperazine rings is 1. The van der Waals surface area contributed by atoms with E-state index in [0.717, 1.165) is 67.8 Å². The number of morpholine rings is 1. The lowest BCUT2D eigenvalue weighted by atomic mass is 9.77. The van der Waals surface area contributed by atoms with E-state index < -0.39 is 27.2 Å². The molecule has 0 unspecified atom stereocenters. The van der Waals surface area contributed by atoms with E-state index in [4.69, 9.17) is 9.84 Å². The summed E-state index contributed by atoms with van der Waals surface area (Å²) in [6, 6.07) is 6.13. The molecule has 52 heavy (non-hydrogen) atoms. The molecule has 2 aromatic rings. The number of aromatic nitrogens is 2. The maximum atomic E-state index is 14.0. The molecule has 6 rings (SSSR count). The number of nitrogens with one attached hydrogen (secondary N) is 2. The van der Waals surface area contributed by atoms with Crippen LogP contribution in [-0.2, 0) is 30.9 Å². The Balaban J connectivity index is 0.00000523. The Labute approximate surface area is 315 Å². The van der Waals surface area contributed by atoms with Gasteiger partial charge in [-0.3, -0.25) is 19.4 Å². The topological polar surface area (TPSA) is 149 Å². The van der Waals surface area contributed by atoms with Gasteiger partial charge in [0.05, 0.1) is 35.1 Å². The number of sulfonamides is 1. The minimum Gasteiger partial charge on any atom is -0.390 e. The summed E-state index contributed by atoms with van der Waals surface area (Å²) in [4.78, 5) is 34.5. The molecule has 4 heterocycles. The van der Waals surface area contributed by atoms with Crippen molar-refractivity contribution < 1.29 is 27.9 Å². The maximum Gasteiger partial charge on any atom is 0.246 e. The van der Waals surface area contributed by atoms with E-state index in [9.17, 15) is 23.1 Å². The molecule has 3 aliphatic heterocycles. The van der Waals surface area contributed by atoms with Crippen LogP contribution in [0.4, 0.5) is 0 Å². The van der Waals surface area contributed by atoms with Gasteiger partial charge in [0.25, 0.3) is 0 Å². The highest BCUT2D eigenvalue weighted by atomic mass is 35.5. The fraction of sp³-hybridized carbons (Fsp3) is 0.703. The van der Waals surface area contributed by atoms with Gasteiger partial charge in [-0.25, -0.2) is 17.8 Å². The van der Waals surface area contributed by atoms with Crippen LogP contribution in [0.15, 0.2) is 29.2 Å². The smallest absolute Gasteiger partial charge is 0.246 e. The third-order valence-corrected chi connectivity index (χ3v) is 13.1. The van der Waals surface area contributed by atoms with Crippen molar-refractivity contribution in [3.63, 3.8) is 0 Å². The molecule has 4 aliphatic rings. The van der Waals surface area contributed by atoms with Crippen molar-refractivity contribution in [1.82, 2.24) is 34.5 Å². The highest BCUT2D eigenvalue weighted by Crippen LogP contribution is 2.38. The average Bonchev–Trinajstić information content (AvgIpc) is 3.40. The Kier molecular flexibility index (Phi) is 13.5. The number of unbranched alkanes of at least 4 members (excludes halogenated alkanes) is 1. The molecule has 3 saturated heterocycles. The van der Waals surface area contributed by atoms with Crippen LogP contribution in [0.1, 0.15) is 88.1 Å². The molecule has 13 nitrogen and oxygen atoms in total. The largest absolute Gasteiger partial charge is 0.390 e. The van der Waals surface area contributed by atoms with Gasteiger partial charge in [0.15, 0.2) is 0 Å². The fourth-order valence-corrected chi connectivity index (χ4v) is 9.44. The first kappa shape index (κ1) is 40.6. The Morgan fingerprint density at radius 1 is 0.962 bits per heavy atom. The van der Waals surface area contributed by atoms with Gasteiger partial charge in [0.1, 0.15) is 11.6 Å². The van der Waals surface area contributed by atoms with Crippen LogP contribution in [0.5, 0.6) is 0 Å². The molecule has 0 radical (unpaired) electrons. The summed E-state index contributed by atoms with van der Waals surface area (Å²) in [5.74, 6) is -0.133. The van der Waals surface area contributed by atoms with Gasteiger partial charge in [-0.2, -0.15) is 5.10 Å². The second-order valence-corrected chi connectivity index (χ2v) is 16.8. The lowest BCUT2D eigenvalue weighted by molar-refractivity contribution is -0.163. The number of ether oxygens (including phenoxy) is 1. The highest BCUT2D eigenvalue weighted by Gasteiger charge is 2.54. The fourth-order valence-electron chi connectivity index (χ4n) is 8.42. The molecule has 0 bridgehead atoms. The number of carbonyl (C=O) groups excluding carboxylic acids is 2. The van der Waals surface area contributed by atoms with E-state index in [1.165, 1.54) is 0 Å². The zero-order valence-corrected chi connectivity index (χ0v) is 32.7. The zero-order chi connectivity index (χ0) is 36.2. The van der Waals surface area contributed by atoms with Crippen molar-refractivity contribution in [2.45, 2.75) is 114 Å². The molecule has 2 amide bonds. The van der Waals surface area contributed by atoms with Gasteiger partial charge in [-0.1, -0.05) is 32.6 Å². The van der Waals surface area contributed by atoms with E-state index in [0.29, 0.717) is 78.2 Å². The SMILES string of the molecule is CCCCN1C(=O)[C@@H](CC2(O)CCCCC2)NC(=O)C12CCN(Cc1c(C)nn(-c3ccc(S(=O)(=O)NCCN4CCOCC4)cc3)c1C)CC2.Cl. The molecular formula is C37H58ClN7O6S. The van der Waals surface area contributed by atoms with Crippen molar-refractivity contribution in [3.8, 4) is 5.69 Å². The molecule has 1 atom stereocenters. The molecule has 290 valence electrons. The van der Waals surface area contributed by atoms with Gasteiger partial charge < -0.3 is 20.1 Å². The van der Waals surface area contributed by atoms with E-state index in [-0.39, 0.29) is 35.5 Å². The van der Waals surface area contributed by atoms with Gasteiger partial charge >= 0.3 is 0 Å². The van der Waals surface area contributed by atoms with Crippen LogP contribution in [0.3, 0.4) is 0 Å². The number of nitrogens with zero attached hydrogens (tertiary/aromatic N) is 5. The number of rotatable bonds is 13. The number of piperidine rings is 1. The van der Waals surface area contributed by atoms with Crippen molar-refractivity contribution >= 4 is 34.2 Å². The van der Waals surface area contributed by atoms with E-state index in [1.54, 1.807) is 24.3 Å². The second kappa shape index (κ2) is 17.3. The first-order valence-electron chi connectivity index (χ1n) is 19.0. The Morgan fingerprint density at radius 3 is 2.29 bits per heavy atom. The molecule has 4 fully saturated rings. The number of aryl methyl sites for hydroxylation is 1. The number of hydrogen-bond acceptors (Lipinski definition) is 9. The summed E-state index contributed by atoms with van der Waals surface area (Å²) < 4.78 is 35.9. The van der Waals surface area contributed by atoms with Crippen molar-refractivity contribution in [1.29, 1.82) is 0 Å². The van der Waals surface area contributed by atoms with E-state index in [1.807, 2.05) is 23.4 Å². The van der Waals surface area contributed by atoms with Crippen LogP contribution in [0.2, 0.25) is 0 Å². The number of carbonyl (C=O) groups is 2. The lowest BCUT2D eigenvalue weighted by Gasteiger charge is -2.52. The summed E-state index contributed by atoms with van der Waals surface area (Å²) in [5.41, 5.74) is 1.99. The minimum absolute atomic E-state index is 0. The molecule has 3 N–H and O–H groups in total. The van der Waals surface area contributed by atoms with E-state index >= 15 is 0 Å². The summed E-state index contributed by atoms with van der Waals surface area (Å²) in [6.45, 7) is 12.6. The molecule has 1 aliphatic carbocycles. The van der Waals surface area contributed by atoms with Crippen LogP contribution in [0.25, 0.3) is 5.69 Å². The highest BCUT2D eigenvalue weighted by molar-refractivity contribution is 7.89. The minimum atomic E-state index is -3.64. The Morgan fingerprint density at radius 2 is 1.63 bits per heavy atom. The van der Waals surface area contributed by atoms with Gasteiger partial charge in [0.2, 0.25) is 21.8 Å². The summed E-state index contributed by atoms with van der Waals surface area (Å²) >= 11 is 0. The first-order chi connectivity index (χ1) is 24.4. The third-order valence-electron chi connectivity index (χ3n) is 11.6. The van der Waals surface area contributed by atoms with Crippen molar-refractivity contribution in [3.05, 3.63) is 41.2 Å². The van der Waals surface area contributed by atoms with E-state index in [2.05, 4.69) is 26.8 Å². The van der Waals surface area contributed by atoms with Crippen molar-refractivity contribution in [2.24, 2.45) is 0 Å². The summed E-state index contributed by atoms with van der Waals surface area (Å²) in [6.07, 6.45) is 7.50. The number of likely N-dealkylation sites (tertiary alicyclic amines) is 1. The van der Waals surface area contributed by atoms with Crippen LogP contribution >= 0.6 is 12.4 Å². The molecule has 1 saturated carbocycles. The Hall–Kier alpha value is -2.59. The maximum absolute atomic E-state index is 14.0. The standard InChI is InChI=1S/C37H57N7O6S.ClH/c1-4-5-18-43-34(45)33(26-36(47)13-7-6-8-14-36)39-35(46)37(43)15-19-42(20-16-37)27-32-28(2)40-44(29(32)3)30-9-11-31(12-10-30)51(48,49)38-17-21-41-22-24-50-25-23-41;/h9-12,33,38,47H,4-8,13-27H2,1-3H3,(H,39,46);1H/t33-;/m1./s1. The van der Waals surface area contributed by atoms with Gasteiger partial charge in [-0.15, -0.1) is 12.4 Å². The summed E-state index contributed by atoms with van der Waals surface area (Å²) in [5, 5.41) is 19.1. The van der Waals surface area contributed by atoms with Crippen LogP contribution in [-0.4, -0.2) is 126 Å². The predicted molar refractivity (Wildman–Crippen MR) is 201 cm³/mol. The number of halogens is 1. The zero-order valence-electron chi connectivity index (χ0n) is 31.1. The number of aliphatic hydroxyl groups is 1. The molecule has 1 spiro atoms. The van der Waals surface area contributed by atoms with Crippen molar-refractivity contribution in [2.75, 3.05) is 59.0 Å². The molecule has 1 aromatic heterocycles. The molecule has 1 aromatic carbocycles. The number of hydrogen-bond donors (Lipinski definition) is 3.